The maximum absolute atomic E-state index is 10.9. The maximum atomic E-state index is 10.9. The van der Waals surface area contributed by atoms with E-state index < -0.39 is 12.0 Å². The number of nitrogens with one attached hydrogen (secondary N) is 2. The van der Waals surface area contributed by atoms with E-state index in [1.165, 1.54) is 0 Å². The number of carbonyl (C=O) groups is 1. The third kappa shape index (κ3) is 2.02. The van der Waals surface area contributed by atoms with E-state index in [9.17, 15) is 4.79 Å². The molecule has 1 aliphatic rings. The van der Waals surface area contributed by atoms with Crippen LogP contribution in [0, 0.1) is 6.92 Å². The second kappa shape index (κ2) is 4.02. The second-order valence-electron chi connectivity index (χ2n) is 3.95. The minimum absolute atomic E-state index is 0.0751. The van der Waals surface area contributed by atoms with E-state index in [-0.39, 0.29) is 6.04 Å². The number of piperidine rings is 1. The minimum Gasteiger partial charge on any atom is -0.480 e. The summed E-state index contributed by atoms with van der Waals surface area (Å²) in [6.07, 6.45) is 4.24. The van der Waals surface area contributed by atoms with Gasteiger partial charge in [-0.25, -0.2) is 4.98 Å². The quantitative estimate of drug-likeness (QED) is 0.678. The Morgan fingerprint density at radius 2 is 2.40 bits per heavy atom. The van der Waals surface area contributed by atoms with Gasteiger partial charge in [-0.1, -0.05) is 0 Å². The summed E-state index contributed by atoms with van der Waals surface area (Å²) in [5.74, 6) is -0.770. The van der Waals surface area contributed by atoms with Gasteiger partial charge in [0, 0.05) is 5.69 Å². The van der Waals surface area contributed by atoms with Crippen molar-refractivity contribution in [3.05, 3.63) is 17.7 Å². The van der Waals surface area contributed by atoms with Gasteiger partial charge in [-0.2, -0.15) is 0 Å². The topological polar surface area (TPSA) is 78.0 Å². The van der Waals surface area contributed by atoms with Crippen molar-refractivity contribution in [2.24, 2.45) is 0 Å². The molecule has 0 spiro atoms. The van der Waals surface area contributed by atoms with Crippen LogP contribution in [0.5, 0.6) is 0 Å². The van der Waals surface area contributed by atoms with Crippen LogP contribution in [0.4, 0.5) is 0 Å². The number of carboxylic acids is 1. The van der Waals surface area contributed by atoms with E-state index >= 15 is 0 Å². The molecule has 1 saturated heterocycles. The zero-order chi connectivity index (χ0) is 10.8. The fourth-order valence-electron chi connectivity index (χ4n) is 2.07. The van der Waals surface area contributed by atoms with Gasteiger partial charge in [-0.3, -0.25) is 10.1 Å². The van der Waals surface area contributed by atoms with Gasteiger partial charge < -0.3 is 10.1 Å². The Labute approximate surface area is 87.9 Å². The van der Waals surface area contributed by atoms with Gasteiger partial charge in [-0.15, -0.1) is 0 Å². The zero-order valence-electron chi connectivity index (χ0n) is 8.66. The van der Waals surface area contributed by atoms with E-state index in [1.807, 2.05) is 6.92 Å². The first-order valence-electron chi connectivity index (χ1n) is 5.17. The molecule has 5 heteroatoms. The summed E-state index contributed by atoms with van der Waals surface area (Å²) in [6, 6.07) is -0.356. The lowest BCUT2D eigenvalue weighted by molar-refractivity contribution is -0.140. The van der Waals surface area contributed by atoms with Crippen molar-refractivity contribution in [3.63, 3.8) is 0 Å². The van der Waals surface area contributed by atoms with Gasteiger partial charge in [-0.05, 0) is 26.2 Å². The highest BCUT2D eigenvalue weighted by Crippen LogP contribution is 2.25. The first-order valence-corrected chi connectivity index (χ1v) is 5.17. The molecule has 1 aromatic heterocycles. The van der Waals surface area contributed by atoms with Gasteiger partial charge in [0.1, 0.15) is 6.04 Å². The van der Waals surface area contributed by atoms with Crippen molar-refractivity contribution in [2.75, 3.05) is 0 Å². The lowest BCUT2D eigenvalue weighted by Gasteiger charge is -2.27. The van der Waals surface area contributed by atoms with E-state index in [0.29, 0.717) is 6.42 Å². The van der Waals surface area contributed by atoms with Crippen molar-refractivity contribution in [2.45, 2.75) is 38.3 Å². The van der Waals surface area contributed by atoms with Crippen LogP contribution in [0.1, 0.15) is 36.7 Å². The Hall–Kier alpha value is -1.36. The van der Waals surface area contributed by atoms with E-state index in [4.69, 9.17) is 5.11 Å². The van der Waals surface area contributed by atoms with Gasteiger partial charge in [0.2, 0.25) is 0 Å². The second-order valence-corrected chi connectivity index (χ2v) is 3.95. The molecule has 1 aliphatic heterocycles. The predicted octanol–water partition coefficient (Wildman–Crippen LogP) is 0.986. The molecule has 15 heavy (non-hydrogen) atoms. The number of hydrogen-bond donors (Lipinski definition) is 3. The summed E-state index contributed by atoms with van der Waals surface area (Å²) in [6.45, 7) is 1.95. The normalized spacial score (nSPS) is 26.5. The standard InChI is InChI=1S/C10H15N3O2/c1-6-9(12-5-11-6)7-3-2-4-8(13-7)10(14)15/h5,7-8,13H,2-4H2,1H3,(H,11,12)(H,14,15). The molecule has 2 rings (SSSR count). The smallest absolute Gasteiger partial charge is 0.320 e. The fraction of sp³-hybridized carbons (Fsp3) is 0.600. The van der Waals surface area contributed by atoms with Crippen LogP contribution in [-0.2, 0) is 4.79 Å². The molecular weight excluding hydrogens is 194 g/mol. The van der Waals surface area contributed by atoms with Crippen LogP contribution in [0.25, 0.3) is 0 Å². The number of aryl methyl sites for hydroxylation is 1. The lowest BCUT2D eigenvalue weighted by atomic mass is 9.96. The van der Waals surface area contributed by atoms with Crippen molar-refractivity contribution in [1.29, 1.82) is 0 Å². The molecule has 0 aromatic carbocycles. The van der Waals surface area contributed by atoms with Crippen LogP contribution >= 0.6 is 0 Å². The Balaban J connectivity index is 2.11. The molecule has 3 N–H and O–H groups in total. The molecule has 0 radical (unpaired) electrons. The average Bonchev–Trinajstić information content (AvgIpc) is 2.64. The molecule has 82 valence electrons. The highest BCUT2D eigenvalue weighted by Gasteiger charge is 2.28. The van der Waals surface area contributed by atoms with Crippen LogP contribution in [-0.4, -0.2) is 27.1 Å². The highest BCUT2D eigenvalue weighted by molar-refractivity contribution is 5.73. The Bertz CT molecular complexity index is 361. The molecule has 5 nitrogen and oxygen atoms in total. The van der Waals surface area contributed by atoms with Crippen molar-refractivity contribution in [1.82, 2.24) is 15.3 Å². The molecule has 0 bridgehead atoms. The first-order chi connectivity index (χ1) is 7.18. The number of aromatic amines is 1. The molecule has 0 saturated carbocycles. The molecule has 2 atom stereocenters. The van der Waals surface area contributed by atoms with Gasteiger partial charge in [0.25, 0.3) is 0 Å². The molecule has 1 fully saturated rings. The van der Waals surface area contributed by atoms with Gasteiger partial charge >= 0.3 is 5.97 Å². The third-order valence-electron chi connectivity index (χ3n) is 2.89. The van der Waals surface area contributed by atoms with E-state index in [1.54, 1.807) is 6.33 Å². The van der Waals surface area contributed by atoms with E-state index in [0.717, 1.165) is 24.2 Å². The first kappa shape index (κ1) is 10.2. The summed E-state index contributed by atoms with van der Waals surface area (Å²) in [5, 5.41) is 12.0. The third-order valence-corrected chi connectivity index (χ3v) is 2.89. The van der Waals surface area contributed by atoms with Crippen molar-refractivity contribution in [3.8, 4) is 0 Å². The van der Waals surface area contributed by atoms with Crippen LogP contribution in [0.2, 0.25) is 0 Å². The number of nitrogens with zero attached hydrogens (tertiary/aromatic N) is 1. The largest absolute Gasteiger partial charge is 0.480 e. The molecule has 1 aromatic rings. The summed E-state index contributed by atoms with van der Waals surface area (Å²) >= 11 is 0. The van der Waals surface area contributed by atoms with Crippen LogP contribution < -0.4 is 5.32 Å². The molecular formula is C10H15N3O2. The highest BCUT2D eigenvalue weighted by atomic mass is 16.4. The number of carboxylic acid groups (broad SMARTS) is 1. The SMILES string of the molecule is Cc1[nH]cnc1C1CCCC(C(=O)O)N1. The summed E-state index contributed by atoms with van der Waals surface area (Å²) in [7, 11) is 0. The lowest BCUT2D eigenvalue weighted by Crippen LogP contribution is -2.42. The fourth-order valence-corrected chi connectivity index (χ4v) is 2.07. The number of imidazole rings is 1. The molecule has 2 heterocycles. The number of hydrogen-bond acceptors (Lipinski definition) is 3. The number of aromatic nitrogens is 2. The predicted molar refractivity (Wildman–Crippen MR) is 54.5 cm³/mol. The maximum Gasteiger partial charge on any atom is 0.320 e. The summed E-state index contributed by atoms with van der Waals surface area (Å²) in [5.41, 5.74) is 1.96. The average molecular weight is 209 g/mol. The minimum atomic E-state index is -0.770. The Morgan fingerprint density at radius 3 is 3.00 bits per heavy atom. The number of H-pyrrole nitrogens is 1. The summed E-state index contributed by atoms with van der Waals surface area (Å²) < 4.78 is 0. The number of rotatable bonds is 2. The van der Waals surface area contributed by atoms with E-state index in [2.05, 4.69) is 15.3 Å². The molecule has 2 unspecified atom stereocenters. The molecule has 0 aliphatic carbocycles. The van der Waals surface area contributed by atoms with Gasteiger partial charge in [0.05, 0.1) is 18.1 Å². The monoisotopic (exact) mass is 209 g/mol. The Morgan fingerprint density at radius 1 is 1.60 bits per heavy atom. The zero-order valence-corrected chi connectivity index (χ0v) is 8.66. The number of aliphatic carboxylic acids is 1. The van der Waals surface area contributed by atoms with Gasteiger partial charge in [0.15, 0.2) is 0 Å². The van der Waals surface area contributed by atoms with Crippen molar-refractivity contribution >= 4 is 5.97 Å². The van der Waals surface area contributed by atoms with Crippen LogP contribution in [0.15, 0.2) is 6.33 Å². The Kier molecular flexibility index (Phi) is 2.73. The molecule has 0 amide bonds. The van der Waals surface area contributed by atoms with Crippen LogP contribution in [0.3, 0.4) is 0 Å². The van der Waals surface area contributed by atoms with Crippen molar-refractivity contribution < 1.29 is 9.90 Å². The summed E-state index contributed by atoms with van der Waals surface area (Å²) in [4.78, 5) is 18.1.